The molecule has 0 radical (unpaired) electrons. The molecule has 0 aromatic heterocycles. The summed E-state index contributed by atoms with van der Waals surface area (Å²) in [6, 6.07) is 15.2. The molecule has 1 spiro atoms. The van der Waals surface area contributed by atoms with Gasteiger partial charge in [-0.2, -0.15) is 0 Å². The van der Waals surface area contributed by atoms with Gasteiger partial charge in [-0.25, -0.2) is 0 Å². The Morgan fingerprint density at radius 3 is 2.90 bits per heavy atom. The van der Waals surface area contributed by atoms with E-state index in [1.165, 1.54) is 16.7 Å². The van der Waals surface area contributed by atoms with Crippen LogP contribution in [0.25, 0.3) is 0 Å². The lowest BCUT2D eigenvalue weighted by Gasteiger charge is -2.56. The van der Waals surface area contributed by atoms with E-state index in [-0.39, 0.29) is 11.5 Å². The summed E-state index contributed by atoms with van der Waals surface area (Å²) in [7, 11) is 2.23. The number of likely N-dealkylation sites (N-methyl/N-ethyl adjacent to an activating group) is 1. The molecule has 29 heavy (non-hydrogen) atoms. The fraction of sp³-hybridized carbons (Fsp3) is 0.440. The first-order chi connectivity index (χ1) is 14.2. The second-order valence-corrected chi connectivity index (χ2v) is 8.99. The molecule has 2 aliphatic heterocycles. The number of aliphatic hydroxyl groups excluding tert-OH is 1. The van der Waals surface area contributed by atoms with Crippen molar-refractivity contribution in [1.82, 2.24) is 4.90 Å². The van der Waals surface area contributed by atoms with Crippen molar-refractivity contribution in [2.24, 2.45) is 5.92 Å². The largest absolute Gasteiger partial charge is 0.489 e. The van der Waals surface area contributed by atoms with Crippen LogP contribution in [-0.2, 0) is 18.3 Å². The molecule has 6 rings (SSSR count). The van der Waals surface area contributed by atoms with Crippen LogP contribution in [0.3, 0.4) is 0 Å². The first kappa shape index (κ1) is 17.5. The van der Waals surface area contributed by atoms with Gasteiger partial charge in [0.05, 0.1) is 6.61 Å². The number of hydrogen-bond donors (Lipinski definition) is 1. The van der Waals surface area contributed by atoms with E-state index in [1.54, 1.807) is 0 Å². The molecule has 2 bridgehead atoms. The summed E-state index contributed by atoms with van der Waals surface area (Å²) in [4.78, 5) is 2.49. The van der Waals surface area contributed by atoms with Gasteiger partial charge in [0.2, 0.25) is 0 Å². The van der Waals surface area contributed by atoms with Crippen LogP contribution < -0.4 is 9.47 Å². The van der Waals surface area contributed by atoms with Crippen molar-refractivity contribution < 1.29 is 14.6 Å². The maximum absolute atomic E-state index is 10.8. The minimum Gasteiger partial charge on any atom is -0.489 e. The highest BCUT2D eigenvalue weighted by Crippen LogP contribution is 2.62. The zero-order valence-corrected chi connectivity index (χ0v) is 16.8. The van der Waals surface area contributed by atoms with E-state index in [0.29, 0.717) is 18.6 Å². The lowest BCUT2D eigenvalue weighted by molar-refractivity contribution is -0.0454. The van der Waals surface area contributed by atoms with Crippen LogP contribution in [0.4, 0.5) is 0 Å². The lowest BCUT2D eigenvalue weighted by Crippen LogP contribution is -2.64. The first-order valence-electron chi connectivity index (χ1n) is 10.7. The summed E-state index contributed by atoms with van der Waals surface area (Å²) in [5.74, 6) is 2.10. The van der Waals surface area contributed by atoms with Gasteiger partial charge in [-0.05, 0) is 43.6 Å². The Morgan fingerprint density at radius 1 is 1.17 bits per heavy atom. The molecule has 0 unspecified atom stereocenters. The van der Waals surface area contributed by atoms with E-state index in [1.807, 2.05) is 12.1 Å². The molecule has 1 fully saturated rings. The standard InChI is InChI=1S/C25H27NO3/c1-26-13-12-25-18-8-9-20(27)24(25)29-23-21(10-7-17(22(23)25)15-19(18)26)28-14-11-16-5-3-2-4-6-16/h2-10,18-20,24,27H,11-15H2,1H3/t18-,19+,20-,24-,25-/m0/s1. The Labute approximate surface area is 171 Å². The van der Waals surface area contributed by atoms with E-state index < -0.39 is 6.10 Å². The van der Waals surface area contributed by atoms with Crippen LogP contribution in [0.5, 0.6) is 11.5 Å². The van der Waals surface area contributed by atoms with Gasteiger partial charge in [-0.3, -0.25) is 0 Å². The Hall–Kier alpha value is -2.30. The fourth-order valence-corrected chi connectivity index (χ4v) is 6.27. The number of hydrogen-bond acceptors (Lipinski definition) is 4. The maximum atomic E-state index is 10.8. The molecule has 2 aliphatic carbocycles. The van der Waals surface area contributed by atoms with Crippen LogP contribution in [0.15, 0.2) is 54.6 Å². The molecule has 5 atom stereocenters. The SMILES string of the molecule is CN1CC[C@]23c4c5ccc(OCCc6ccccc6)c4O[C@H]2[C@@H](O)C=C[C@H]3[C@H]1C5. The zero-order chi connectivity index (χ0) is 19.6. The molecular formula is C25H27NO3. The number of piperidine rings is 1. The number of nitrogens with zero attached hydrogens (tertiary/aromatic N) is 1. The topological polar surface area (TPSA) is 41.9 Å². The molecule has 2 aromatic rings. The Bertz CT molecular complexity index is 972. The van der Waals surface area contributed by atoms with Gasteiger partial charge in [0, 0.05) is 29.4 Å². The number of ether oxygens (including phenoxy) is 2. The minimum absolute atomic E-state index is 0.118. The molecule has 4 heteroatoms. The highest BCUT2D eigenvalue weighted by atomic mass is 16.5. The molecule has 1 N–H and O–H groups in total. The van der Waals surface area contributed by atoms with Gasteiger partial charge in [-0.15, -0.1) is 0 Å². The molecule has 0 saturated carbocycles. The van der Waals surface area contributed by atoms with Crippen LogP contribution in [0.1, 0.15) is 23.1 Å². The first-order valence-corrected chi connectivity index (χ1v) is 10.7. The molecular weight excluding hydrogens is 362 g/mol. The van der Waals surface area contributed by atoms with Crippen molar-refractivity contribution in [3.05, 3.63) is 71.3 Å². The van der Waals surface area contributed by atoms with Crippen molar-refractivity contribution in [3.8, 4) is 11.5 Å². The van der Waals surface area contributed by atoms with Crippen LogP contribution in [0, 0.1) is 5.92 Å². The van der Waals surface area contributed by atoms with Crippen LogP contribution in [-0.4, -0.2) is 48.5 Å². The Morgan fingerprint density at radius 2 is 2.03 bits per heavy atom. The second-order valence-electron chi connectivity index (χ2n) is 8.99. The summed E-state index contributed by atoms with van der Waals surface area (Å²) >= 11 is 0. The van der Waals surface area contributed by atoms with Gasteiger partial charge in [-0.1, -0.05) is 48.6 Å². The lowest BCUT2D eigenvalue weighted by atomic mass is 9.53. The van der Waals surface area contributed by atoms with Gasteiger partial charge < -0.3 is 19.5 Å². The number of likely N-dealkylation sites (tertiary alicyclic amines) is 1. The normalized spacial score (nSPS) is 33.9. The van der Waals surface area contributed by atoms with E-state index in [2.05, 4.69) is 54.4 Å². The van der Waals surface area contributed by atoms with Gasteiger partial charge in [0.25, 0.3) is 0 Å². The Kier molecular flexibility index (Phi) is 3.84. The molecule has 150 valence electrons. The summed E-state index contributed by atoms with van der Waals surface area (Å²) in [5, 5.41) is 10.8. The summed E-state index contributed by atoms with van der Waals surface area (Å²) < 4.78 is 12.7. The molecule has 4 aliphatic rings. The predicted octanol–water partition coefficient (Wildman–Crippen LogP) is 3.11. The van der Waals surface area contributed by atoms with E-state index in [0.717, 1.165) is 37.3 Å². The summed E-state index contributed by atoms with van der Waals surface area (Å²) in [6.07, 6.45) is 6.35. The molecule has 2 aromatic carbocycles. The summed E-state index contributed by atoms with van der Waals surface area (Å²) in [6.45, 7) is 1.66. The second kappa shape index (κ2) is 6.35. The molecule has 0 amide bonds. The van der Waals surface area contributed by atoms with Crippen LogP contribution >= 0.6 is 0 Å². The predicted molar refractivity (Wildman–Crippen MR) is 112 cm³/mol. The molecule has 2 heterocycles. The van der Waals surface area contributed by atoms with Crippen molar-refractivity contribution >= 4 is 0 Å². The number of rotatable bonds is 4. The van der Waals surface area contributed by atoms with Gasteiger partial charge >= 0.3 is 0 Å². The Balaban J connectivity index is 1.37. The van der Waals surface area contributed by atoms with Gasteiger partial charge in [0.15, 0.2) is 11.5 Å². The van der Waals surface area contributed by atoms with E-state index >= 15 is 0 Å². The van der Waals surface area contributed by atoms with E-state index in [9.17, 15) is 5.11 Å². The third-order valence-electron chi connectivity index (χ3n) is 7.63. The minimum atomic E-state index is -0.564. The van der Waals surface area contributed by atoms with Gasteiger partial charge in [0.1, 0.15) is 12.2 Å². The third-order valence-corrected chi connectivity index (χ3v) is 7.63. The molecule has 4 nitrogen and oxygen atoms in total. The van der Waals surface area contributed by atoms with E-state index in [4.69, 9.17) is 9.47 Å². The van der Waals surface area contributed by atoms with Crippen molar-refractivity contribution in [2.75, 3.05) is 20.2 Å². The number of aliphatic hydroxyl groups is 1. The maximum Gasteiger partial charge on any atom is 0.165 e. The van der Waals surface area contributed by atoms with Crippen molar-refractivity contribution in [1.29, 1.82) is 0 Å². The number of benzene rings is 2. The fourth-order valence-electron chi connectivity index (χ4n) is 6.27. The highest BCUT2D eigenvalue weighted by Gasteiger charge is 2.64. The zero-order valence-electron chi connectivity index (χ0n) is 16.8. The highest BCUT2D eigenvalue weighted by molar-refractivity contribution is 5.62. The smallest absolute Gasteiger partial charge is 0.165 e. The van der Waals surface area contributed by atoms with Crippen LogP contribution in [0.2, 0.25) is 0 Å². The average molecular weight is 389 g/mol. The quantitative estimate of drug-likeness (QED) is 0.816. The molecule has 1 saturated heterocycles. The summed E-state index contributed by atoms with van der Waals surface area (Å²) in [5.41, 5.74) is 3.84. The van der Waals surface area contributed by atoms with Crippen molar-refractivity contribution in [3.63, 3.8) is 0 Å². The van der Waals surface area contributed by atoms with Crippen molar-refractivity contribution in [2.45, 2.75) is 42.9 Å². The monoisotopic (exact) mass is 389 g/mol. The third kappa shape index (κ3) is 2.39. The average Bonchev–Trinajstić information content (AvgIpc) is 3.09.